The van der Waals surface area contributed by atoms with Crippen molar-refractivity contribution in [2.75, 3.05) is 0 Å². The molecule has 2 aromatic rings. The molecule has 0 aliphatic heterocycles. The Bertz CT molecular complexity index is 812. The van der Waals surface area contributed by atoms with E-state index in [9.17, 15) is 9.59 Å². The van der Waals surface area contributed by atoms with Crippen molar-refractivity contribution in [2.45, 2.75) is 52.6 Å². The molecular formula is C19H25N3O2. The lowest BCUT2D eigenvalue weighted by Crippen LogP contribution is -2.45. The van der Waals surface area contributed by atoms with Gasteiger partial charge in [0, 0.05) is 11.4 Å². The zero-order valence-corrected chi connectivity index (χ0v) is 14.6. The third kappa shape index (κ3) is 3.21. The van der Waals surface area contributed by atoms with Crippen LogP contribution in [0.5, 0.6) is 0 Å². The molecule has 128 valence electrons. The Hall–Kier alpha value is -2.17. The van der Waals surface area contributed by atoms with Crippen molar-refractivity contribution >= 4 is 16.7 Å². The SMILES string of the molecule is Cc1nn(CC(=O)NC2CCCC(C)C2C)c(=O)c2ccccc12. The number of hydrogen-bond donors (Lipinski definition) is 1. The van der Waals surface area contributed by atoms with Gasteiger partial charge in [-0.1, -0.05) is 44.9 Å². The van der Waals surface area contributed by atoms with Crippen LogP contribution in [-0.2, 0) is 11.3 Å². The molecule has 1 fully saturated rings. The van der Waals surface area contributed by atoms with Gasteiger partial charge in [0.05, 0.1) is 11.1 Å². The number of amides is 1. The molecule has 1 aromatic heterocycles. The first-order valence-electron chi connectivity index (χ1n) is 8.73. The summed E-state index contributed by atoms with van der Waals surface area (Å²) in [5.74, 6) is 0.948. The summed E-state index contributed by atoms with van der Waals surface area (Å²) in [5, 5.41) is 8.87. The molecule has 3 unspecified atom stereocenters. The van der Waals surface area contributed by atoms with Crippen LogP contribution >= 0.6 is 0 Å². The van der Waals surface area contributed by atoms with Crippen LogP contribution in [0, 0.1) is 18.8 Å². The number of carbonyl (C=O) groups excluding carboxylic acids is 1. The number of nitrogens with one attached hydrogen (secondary N) is 1. The number of nitrogens with zero attached hydrogens (tertiary/aromatic N) is 2. The highest BCUT2D eigenvalue weighted by molar-refractivity contribution is 5.83. The van der Waals surface area contributed by atoms with Crippen molar-refractivity contribution in [1.82, 2.24) is 15.1 Å². The van der Waals surface area contributed by atoms with E-state index >= 15 is 0 Å². The Morgan fingerprint density at radius 3 is 2.71 bits per heavy atom. The Kier molecular flexibility index (Phi) is 4.69. The molecule has 0 radical (unpaired) electrons. The van der Waals surface area contributed by atoms with Gasteiger partial charge in [-0.05, 0) is 31.2 Å². The predicted molar refractivity (Wildman–Crippen MR) is 94.8 cm³/mol. The van der Waals surface area contributed by atoms with Crippen LogP contribution < -0.4 is 10.9 Å². The molecule has 1 saturated carbocycles. The van der Waals surface area contributed by atoms with Crippen LogP contribution in [-0.4, -0.2) is 21.7 Å². The van der Waals surface area contributed by atoms with Gasteiger partial charge in [0.1, 0.15) is 6.54 Å². The maximum Gasteiger partial charge on any atom is 0.275 e. The monoisotopic (exact) mass is 327 g/mol. The fraction of sp³-hybridized carbons (Fsp3) is 0.526. The fourth-order valence-corrected chi connectivity index (χ4v) is 3.69. The normalized spacial score (nSPS) is 24.0. The molecule has 1 N–H and O–H groups in total. The number of carbonyl (C=O) groups is 1. The Balaban J connectivity index is 1.78. The summed E-state index contributed by atoms with van der Waals surface area (Å²) in [6.07, 6.45) is 3.37. The van der Waals surface area contributed by atoms with Crippen LogP contribution in [0.4, 0.5) is 0 Å². The number of rotatable bonds is 3. The highest BCUT2D eigenvalue weighted by atomic mass is 16.2. The van der Waals surface area contributed by atoms with E-state index in [0.717, 1.165) is 23.9 Å². The second-order valence-corrected chi connectivity index (χ2v) is 7.04. The van der Waals surface area contributed by atoms with Gasteiger partial charge in [0.15, 0.2) is 0 Å². The molecule has 24 heavy (non-hydrogen) atoms. The van der Waals surface area contributed by atoms with E-state index in [-0.39, 0.29) is 24.1 Å². The van der Waals surface area contributed by atoms with Crippen LogP contribution in [0.25, 0.3) is 10.8 Å². The lowest BCUT2D eigenvalue weighted by Gasteiger charge is -2.34. The minimum Gasteiger partial charge on any atom is -0.351 e. The summed E-state index contributed by atoms with van der Waals surface area (Å²) in [6, 6.07) is 7.58. The largest absolute Gasteiger partial charge is 0.351 e. The Morgan fingerprint density at radius 2 is 1.96 bits per heavy atom. The third-order valence-corrected chi connectivity index (χ3v) is 5.40. The summed E-state index contributed by atoms with van der Waals surface area (Å²) in [7, 11) is 0. The van der Waals surface area contributed by atoms with Crippen molar-refractivity contribution in [3.8, 4) is 0 Å². The summed E-state index contributed by atoms with van der Waals surface area (Å²) in [4.78, 5) is 25.0. The van der Waals surface area contributed by atoms with E-state index in [1.807, 2.05) is 25.1 Å². The highest BCUT2D eigenvalue weighted by Crippen LogP contribution is 2.29. The maximum atomic E-state index is 12.5. The highest BCUT2D eigenvalue weighted by Gasteiger charge is 2.28. The van der Waals surface area contributed by atoms with Gasteiger partial charge >= 0.3 is 0 Å². The summed E-state index contributed by atoms with van der Waals surface area (Å²) in [6.45, 7) is 6.27. The van der Waals surface area contributed by atoms with E-state index in [0.29, 0.717) is 17.2 Å². The molecule has 1 aliphatic rings. The van der Waals surface area contributed by atoms with Gasteiger partial charge in [-0.15, -0.1) is 0 Å². The molecular weight excluding hydrogens is 302 g/mol. The lowest BCUT2D eigenvalue weighted by atomic mass is 9.78. The molecule has 5 heteroatoms. The zero-order chi connectivity index (χ0) is 17.3. The quantitative estimate of drug-likeness (QED) is 0.942. The van der Waals surface area contributed by atoms with E-state index in [1.54, 1.807) is 6.07 Å². The summed E-state index contributed by atoms with van der Waals surface area (Å²) in [5.41, 5.74) is 0.550. The molecule has 5 nitrogen and oxygen atoms in total. The van der Waals surface area contributed by atoms with E-state index in [4.69, 9.17) is 0 Å². The van der Waals surface area contributed by atoms with Crippen molar-refractivity contribution in [2.24, 2.45) is 11.8 Å². The molecule has 0 bridgehead atoms. The van der Waals surface area contributed by atoms with Crippen molar-refractivity contribution in [1.29, 1.82) is 0 Å². The van der Waals surface area contributed by atoms with Gasteiger partial charge in [0.2, 0.25) is 5.91 Å². The minimum atomic E-state index is -0.212. The third-order valence-electron chi connectivity index (χ3n) is 5.40. The van der Waals surface area contributed by atoms with Crippen molar-refractivity contribution < 1.29 is 4.79 Å². The number of fused-ring (bicyclic) bond motifs is 1. The second-order valence-electron chi connectivity index (χ2n) is 7.04. The number of hydrogen-bond acceptors (Lipinski definition) is 3. The van der Waals surface area contributed by atoms with Crippen molar-refractivity contribution in [3.05, 3.63) is 40.3 Å². The van der Waals surface area contributed by atoms with Gasteiger partial charge in [0.25, 0.3) is 5.56 Å². The molecule has 1 aromatic carbocycles. The minimum absolute atomic E-state index is 0.0257. The van der Waals surface area contributed by atoms with Gasteiger partial charge in [-0.2, -0.15) is 5.10 Å². The average Bonchev–Trinajstić information content (AvgIpc) is 2.57. The van der Waals surface area contributed by atoms with Gasteiger partial charge in [-0.25, -0.2) is 4.68 Å². The molecule has 3 atom stereocenters. The molecule has 1 aliphatic carbocycles. The van der Waals surface area contributed by atoms with Gasteiger partial charge in [-0.3, -0.25) is 9.59 Å². The first-order chi connectivity index (χ1) is 11.5. The van der Waals surface area contributed by atoms with E-state index in [1.165, 1.54) is 11.1 Å². The lowest BCUT2D eigenvalue weighted by molar-refractivity contribution is -0.123. The van der Waals surface area contributed by atoms with Crippen LogP contribution in [0.3, 0.4) is 0 Å². The number of aryl methyl sites for hydroxylation is 1. The maximum absolute atomic E-state index is 12.5. The average molecular weight is 327 g/mol. The summed E-state index contributed by atoms with van der Waals surface area (Å²) >= 11 is 0. The molecule has 0 saturated heterocycles. The first kappa shape index (κ1) is 16.7. The molecule has 0 spiro atoms. The Morgan fingerprint density at radius 1 is 1.25 bits per heavy atom. The number of benzene rings is 1. The smallest absolute Gasteiger partial charge is 0.275 e. The standard InChI is InChI=1S/C19H25N3O2/c1-12-7-6-10-17(13(12)2)20-18(23)11-22-19(24)16-9-5-4-8-15(16)14(3)21-22/h4-5,8-9,12-13,17H,6-7,10-11H2,1-3H3,(H,20,23). The fourth-order valence-electron chi connectivity index (χ4n) is 3.69. The number of aromatic nitrogens is 2. The Labute approximate surface area is 142 Å². The van der Waals surface area contributed by atoms with E-state index < -0.39 is 0 Å². The predicted octanol–water partition coefficient (Wildman–Crippen LogP) is 2.65. The molecule has 1 heterocycles. The van der Waals surface area contributed by atoms with Crippen LogP contribution in [0.15, 0.2) is 29.1 Å². The topological polar surface area (TPSA) is 64.0 Å². The van der Waals surface area contributed by atoms with Crippen LogP contribution in [0.2, 0.25) is 0 Å². The second kappa shape index (κ2) is 6.75. The zero-order valence-electron chi connectivity index (χ0n) is 14.6. The van der Waals surface area contributed by atoms with Crippen molar-refractivity contribution in [3.63, 3.8) is 0 Å². The first-order valence-corrected chi connectivity index (χ1v) is 8.73. The molecule has 3 rings (SSSR count). The summed E-state index contributed by atoms with van der Waals surface area (Å²) < 4.78 is 1.28. The van der Waals surface area contributed by atoms with E-state index in [2.05, 4.69) is 24.3 Å². The van der Waals surface area contributed by atoms with Crippen LogP contribution in [0.1, 0.15) is 38.8 Å². The molecule has 1 amide bonds. The van der Waals surface area contributed by atoms with Gasteiger partial charge < -0.3 is 5.32 Å².